The van der Waals surface area contributed by atoms with Gasteiger partial charge in [0.15, 0.2) is 0 Å². The zero-order chi connectivity index (χ0) is 10.1. The molecule has 0 aromatic rings. The lowest BCUT2D eigenvalue weighted by Crippen LogP contribution is -2.43. The van der Waals surface area contributed by atoms with Crippen LogP contribution >= 0.6 is 0 Å². The van der Waals surface area contributed by atoms with Crippen molar-refractivity contribution in [1.82, 2.24) is 5.43 Å². The van der Waals surface area contributed by atoms with E-state index in [1.807, 2.05) is 0 Å². The van der Waals surface area contributed by atoms with Crippen LogP contribution < -0.4 is 11.3 Å². The molecule has 0 unspecified atom stereocenters. The molecule has 0 aromatic carbocycles. The van der Waals surface area contributed by atoms with E-state index in [9.17, 15) is 4.79 Å². The molecule has 4 nitrogen and oxygen atoms in total. The molecule has 0 bridgehead atoms. The van der Waals surface area contributed by atoms with Crippen molar-refractivity contribution in [2.45, 2.75) is 33.3 Å². The van der Waals surface area contributed by atoms with Crippen molar-refractivity contribution >= 4 is 5.91 Å². The van der Waals surface area contributed by atoms with Crippen molar-refractivity contribution in [2.24, 2.45) is 17.2 Å². The molecule has 4 heteroatoms. The first kappa shape index (κ1) is 10.5. The smallest absolute Gasteiger partial charge is 0.239 e. The Hall–Kier alpha value is -0.610. The van der Waals surface area contributed by atoms with Crippen LogP contribution in [0.3, 0.4) is 0 Å². The van der Waals surface area contributed by atoms with E-state index in [0.29, 0.717) is 6.61 Å². The van der Waals surface area contributed by atoms with Crippen molar-refractivity contribution < 1.29 is 9.53 Å². The van der Waals surface area contributed by atoms with Crippen LogP contribution in [0.25, 0.3) is 0 Å². The number of nitrogens with one attached hydrogen (secondary N) is 1. The van der Waals surface area contributed by atoms with Gasteiger partial charge in [-0.05, 0) is 11.8 Å². The molecule has 0 spiro atoms. The molecular formula is C9H18N2O2. The number of ether oxygens (including phenoxy) is 1. The lowest BCUT2D eigenvalue weighted by Gasteiger charge is -2.29. The molecule has 0 saturated carbocycles. The predicted molar refractivity (Wildman–Crippen MR) is 49.6 cm³/mol. The number of carbonyl (C=O) groups is 1. The number of hydrazine groups is 1. The third kappa shape index (κ3) is 2.19. The Balaban J connectivity index is 2.70. The standard InChI is InChI=1S/C9H18N2O2/c1-9(2,3)7-6(4-5-13-7)8(12)11-10/h6-7H,4-5,10H2,1-3H3,(H,11,12)/t6-,7-/m1/s1. The molecule has 0 radical (unpaired) electrons. The van der Waals surface area contributed by atoms with Gasteiger partial charge in [0.1, 0.15) is 0 Å². The molecule has 0 aromatic heterocycles. The van der Waals surface area contributed by atoms with Crippen LogP contribution in [-0.4, -0.2) is 18.6 Å². The van der Waals surface area contributed by atoms with Crippen molar-refractivity contribution in [3.63, 3.8) is 0 Å². The van der Waals surface area contributed by atoms with Crippen molar-refractivity contribution in [3.05, 3.63) is 0 Å². The second kappa shape index (κ2) is 3.64. The average molecular weight is 186 g/mol. The average Bonchev–Trinajstić information content (AvgIpc) is 2.49. The second-order valence-corrected chi connectivity index (χ2v) is 4.56. The minimum atomic E-state index is -0.113. The second-order valence-electron chi connectivity index (χ2n) is 4.56. The minimum Gasteiger partial charge on any atom is -0.377 e. The number of rotatable bonds is 1. The summed E-state index contributed by atoms with van der Waals surface area (Å²) in [5.74, 6) is 4.90. The molecule has 3 N–H and O–H groups in total. The molecule has 1 heterocycles. The van der Waals surface area contributed by atoms with Gasteiger partial charge in [0, 0.05) is 6.61 Å². The van der Waals surface area contributed by atoms with E-state index in [4.69, 9.17) is 10.6 Å². The maximum atomic E-state index is 11.4. The van der Waals surface area contributed by atoms with E-state index >= 15 is 0 Å². The first-order valence-corrected chi connectivity index (χ1v) is 4.59. The molecule has 76 valence electrons. The topological polar surface area (TPSA) is 64.3 Å². The Kier molecular flexibility index (Phi) is 2.93. The van der Waals surface area contributed by atoms with Crippen LogP contribution in [0.1, 0.15) is 27.2 Å². The van der Waals surface area contributed by atoms with E-state index in [1.54, 1.807) is 0 Å². The van der Waals surface area contributed by atoms with Crippen molar-refractivity contribution in [1.29, 1.82) is 0 Å². The highest BCUT2D eigenvalue weighted by Gasteiger charge is 2.40. The number of hydrogen-bond donors (Lipinski definition) is 2. The Morgan fingerprint density at radius 1 is 1.54 bits per heavy atom. The zero-order valence-electron chi connectivity index (χ0n) is 8.46. The van der Waals surface area contributed by atoms with Crippen LogP contribution in [-0.2, 0) is 9.53 Å². The van der Waals surface area contributed by atoms with Crippen LogP contribution in [0.15, 0.2) is 0 Å². The Morgan fingerprint density at radius 3 is 2.62 bits per heavy atom. The minimum absolute atomic E-state index is 0.00627. The van der Waals surface area contributed by atoms with Crippen molar-refractivity contribution in [3.8, 4) is 0 Å². The van der Waals surface area contributed by atoms with Gasteiger partial charge in [0.05, 0.1) is 12.0 Å². The summed E-state index contributed by atoms with van der Waals surface area (Å²) >= 11 is 0. The molecule has 13 heavy (non-hydrogen) atoms. The molecule has 1 rings (SSSR count). The lowest BCUT2D eigenvalue weighted by atomic mass is 9.81. The summed E-state index contributed by atoms with van der Waals surface area (Å²) in [6.07, 6.45) is 0.751. The SMILES string of the molecule is CC(C)(C)[C@@H]1OCC[C@H]1C(=O)NN. The summed E-state index contributed by atoms with van der Waals surface area (Å²) in [4.78, 5) is 11.4. The maximum absolute atomic E-state index is 11.4. The Bertz CT molecular complexity index is 198. The van der Waals surface area contributed by atoms with Crippen molar-refractivity contribution in [2.75, 3.05) is 6.61 Å². The van der Waals surface area contributed by atoms with Crippen LogP contribution in [0, 0.1) is 11.3 Å². The maximum Gasteiger partial charge on any atom is 0.239 e. The Morgan fingerprint density at radius 2 is 2.15 bits per heavy atom. The fourth-order valence-electron chi connectivity index (χ4n) is 1.82. The van der Waals surface area contributed by atoms with Gasteiger partial charge in [-0.25, -0.2) is 5.84 Å². The van der Waals surface area contributed by atoms with Crippen LogP contribution in [0.2, 0.25) is 0 Å². The highest BCUT2D eigenvalue weighted by atomic mass is 16.5. The summed E-state index contributed by atoms with van der Waals surface area (Å²) < 4.78 is 5.54. The third-order valence-electron chi connectivity index (χ3n) is 2.42. The van der Waals surface area contributed by atoms with E-state index in [-0.39, 0.29) is 23.3 Å². The molecule has 1 aliphatic rings. The molecule has 0 aliphatic carbocycles. The summed E-state index contributed by atoms with van der Waals surface area (Å²) in [6, 6.07) is 0. The first-order chi connectivity index (χ1) is 5.96. The van der Waals surface area contributed by atoms with Gasteiger partial charge in [0.25, 0.3) is 0 Å². The largest absolute Gasteiger partial charge is 0.377 e. The molecule has 1 saturated heterocycles. The lowest BCUT2D eigenvalue weighted by molar-refractivity contribution is -0.129. The zero-order valence-corrected chi connectivity index (χ0v) is 8.46. The van der Waals surface area contributed by atoms with Gasteiger partial charge in [0.2, 0.25) is 5.91 Å². The number of nitrogens with two attached hydrogens (primary N) is 1. The van der Waals surface area contributed by atoms with Gasteiger partial charge in [-0.15, -0.1) is 0 Å². The van der Waals surface area contributed by atoms with Gasteiger partial charge >= 0.3 is 0 Å². The fraction of sp³-hybridized carbons (Fsp3) is 0.889. The van der Waals surface area contributed by atoms with E-state index in [1.165, 1.54) is 0 Å². The highest BCUT2D eigenvalue weighted by molar-refractivity contribution is 5.79. The highest BCUT2D eigenvalue weighted by Crippen LogP contribution is 2.34. The van der Waals surface area contributed by atoms with E-state index in [2.05, 4.69) is 26.2 Å². The number of hydrogen-bond acceptors (Lipinski definition) is 3. The molecule has 1 aliphatic heterocycles. The van der Waals surface area contributed by atoms with Crippen LogP contribution in [0.4, 0.5) is 0 Å². The first-order valence-electron chi connectivity index (χ1n) is 4.59. The molecular weight excluding hydrogens is 168 g/mol. The fourth-order valence-corrected chi connectivity index (χ4v) is 1.82. The third-order valence-corrected chi connectivity index (χ3v) is 2.42. The summed E-state index contributed by atoms with van der Waals surface area (Å²) in [7, 11) is 0. The normalized spacial score (nSPS) is 28.9. The molecule has 1 amide bonds. The summed E-state index contributed by atoms with van der Waals surface area (Å²) in [5, 5.41) is 0. The van der Waals surface area contributed by atoms with Crippen LogP contribution in [0.5, 0.6) is 0 Å². The summed E-state index contributed by atoms with van der Waals surface area (Å²) in [5.41, 5.74) is 2.18. The van der Waals surface area contributed by atoms with Gasteiger partial charge in [-0.2, -0.15) is 0 Å². The van der Waals surface area contributed by atoms with Gasteiger partial charge < -0.3 is 4.74 Å². The van der Waals surface area contributed by atoms with Gasteiger partial charge in [-0.3, -0.25) is 10.2 Å². The summed E-state index contributed by atoms with van der Waals surface area (Å²) in [6.45, 7) is 6.86. The van der Waals surface area contributed by atoms with E-state index in [0.717, 1.165) is 6.42 Å². The predicted octanol–water partition coefficient (Wildman–Crippen LogP) is 0.427. The van der Waals surface area contributed by atoms with Gasteiger partial charge in [-0.1, -0.05) is 20.8 Å². The molecule has 1 fully saturated rings. The number of carbonyl (C=O) groups excluding carboxylic acids is 1. The molecule has 2 atom stereocenters. The number of amides is 1. The monoisotopic (exact) mass is 186 g/mol. The quantitative estimate of drug-likeness (QED) is 0.354. The Labute approximate surface area is 78.8 Å². The van der Waals surface area contributed by atoms with E-state index < -0.39 is 0 Å².